The van der Waals surface area contributed by atoms with Crippen LogP contribution in [-0.4, -0.2) is 59.8 Å². The van der Waals surface area contributed by atoms with Crippen LogP contribution in [0.25, 0.3) is 0 Å². The highest BCUT2D eigenvalue weighted by Gasteiger charge is 2.59. The molecule has 4 saturated heterocycles. The molecule has 0 saturated carbocycles. The second kappa shape index (κ2) is 3.64. The predicted octanol–water partition coefficient (Wildman–Crippen LogP) is 0.540. The van der Waals surface area contributed by atoms with Gasteiger partial charge in [-0.15, -0.1) is 0 Å². The molecule has 4 nitrogen and oxygen atoms in total. The van der Waals surface area contributed by atoms with E-state index in [0.29, 0.717) is 5.78 Å². The van der Waals surface area contributed by atoms with Crippen molar-refractivity contribution in [3.05, 3.63) is 30.1 Å². The number of ketones is 1. The molecule has 0 N–H and O–H groups in total. The van der Waals surface area contributed by atoms with Crippen LogP contribution < -0.4 is 0 Å². The van der Waals surface area contributed by atoms with E-state index in [4.69, 9.17) is 0 Å². The standard InChI is InChI=1S/C15H19N3O/c1-14-8-17-5-6-18(9-14)11-15(10-17,13(14)19)12-3-2-4-16-7-12/h2-4,7H,5-6,8-11H2,1H3. The zero-order valence-electron chi connectivity index (χ0n) is 11.3. The van der Waals surface area contributed by atoms with E-state index in [0.717, 1.165) is 44.8 Å². The first-order valence-electron chi connectivity index (χ1n) is 7.03. The van der Waals surface area contributed by atoms with Crippen molar-refractivity contribution in [2.75, 3.05) is 39.3 Å². The lowest BCUT2D eigenvalue weighted by Gasteiger charge is -2.53. The van der Waals surface area contributed by atoms with Crippen LogP contribution in [0.4, 0.5) is 0 Å². The number of piperidine rings is 2. The van der Waals surface area contributed by atoms with E-state index < -0.39 is 0 Å². The summed E-state index contributed by atoms with van der Waals surface area (Å²) in [4.78, 5) is 22.3. The van der Waals surface area contributed by atoms with Crippen molar-refractivity contribution in [2.45, 2.75) is 12.3 Å². The Kier molecular flexibility index (Phi) is 2.22. The van der Waals surface area contributed by atoms with Crippen molar-refractivity contribution in [1.29, 1.82) is 0 Å². The average Bonchev–Trinajstić information content (AvgIpc) is 2.64. The van der Waals surface area contributed by atoms with Crippen molar-refractivity contribution < 1.29 is 4.79 Å². The zero-order valence-corrected chi connectivity index (χ0v) is 11.3. The maximum absolute atomic E-state index is 13.1. The number of carbonyl (C=O) groups is 1. The summed E-state index contributed by atoms with van der Waals surface area (Å²) in [6.07, 6.45) is 3.67. The molecule has 1 aromatic heterocycles. The van der Waals surface area contributed by atoms with Gasteiger partial charge in [0.2, 0.25) is 0 Å². The van der Waals surface area contributed by atoms with Crippen LogP contribution in [0.2, 0.25) is 0 Å². The lowest BCUT2D eigenvalue weighted by molar-refractivity contribution is -0.146. The Morgan fingerprint density at radius 1 is 1.16 bits per heavy atom. The molecule has 2 unspecified atom stereocenters. The number of fused-ring (bicyclic) bond motifs is 1. The van der Waals surface area contributed by atoms with Gasteiger partial charge in [-0.05, 0) is 11.6 Å². The molecule has 4 aliphatic heterocycles. The summed E-state index contributed by atoms with van der Waals surface area (Å²) in [7, 11) is 0. The SMILES string of the molecule is CC12CN3CCN(C1)CC(c1cccnc1)(C3)C2=O. The minimum absolute atomic E-state index is 0.206. The average molecular weight is 257 g/mol. The predicted molar refractivity (Wildman–Crippen MR) is 71.9 cm³/mol. The van der Waals surface area contributed by atoms with Gasteiger partial charge in [0, 0.05) is 51.7 Å². The summed E-state index contributed by atoms with van der Waals surface area (Å²) >= 11 is 0. The number of nitrogens with zero attached hydrogens (tertiary/aromatic N) is 3. The smallest absolute Gasteiger partial charge is 0.154 e. The van der Waals surface area contributed by atoms with E-state index in [1.54, 1.807) is 6.20 Å². The largest absolute Gasteiger partial charge is 0.300 e. The first-order valence-corrected chi connectivity index (χ1v) is 7.03. The van der Waals surface area contributed by atoms with Gasteiger partial charge >= 0.3 is 0 Å². The Morgan fingerprint density at radius 3 is 2.42 bits per heavy atom. The second-order valence-corrected chi connectivity index (χ2v) is 6.63. The van der Waals surface area contributed by atoms with Crippen molar-refractivity contribution in [2.24, 2.45) is 5.41 Å². The number of aromatic nitrogens is 1. The molecule has 5 rings (SSSR count). The number of pyridine rings is 1. The highest BCUT2D eigenvalue weighted by molar-refractivity contribution is 5.97. The third-order valence-corrected chi connectivity index (χ3v) is 5.06. The number of hydrogen-bond donors (Lipinski definition) is 0. The second-order valence-electron chi connectivity index (χ2n) is 6.63. The van der Waals surface area contributed by atoms with E-state index in [2.05, 4.69) is 27.8 Å². The van der Waals surface area contributed by atoms with Crippen molar-refractivity contribution in [3.8, 4) is 0 Å². The van der Waals surface area contributed by atoms with E-state index in [1.807, 2.05) is 12.3 Å². The van der Waals surface area contributed by atoms with Gasteiger partial charge < -0.3 is 0 Å². The summed E-state index contributed by atoms with van der Waals surface area (Å²) in [6.45, 7) is 7.89. The minimum atomic E-state index is -0.351. The quantitative estimate of drug-likeness (QED) is 0.736. The summed E-state index contributed by atoms with van der Waals surface area (Å²) in [6, 6.07) is 4.02. The molecule has 0 aliphatic carbocycles. The van der Waals surface area contributed by atoms with Gasteiger partial charge in [0.25, 0.3) is 0 Å². The molecule has 2 atom stereocenters. The van der Waals surface area contributed by atoms with Gasteiger partial charge in [0.1, 0.15) is 0 Å². The van der Waals surface area contributed by atoms with E-state index in [9.17, 15) is 4.79 Å². The summed E-state index contributed by atoms with van der Waals surface area (Å²) in [5, 5.41) is 0. The molecule has 4 aliphatic rings. The highest BCUT2D eigenvalue weighted by Crippen LogP contribution is 2.45. The molecular weight excluding hydrogens is 238 g/mol. The number of carbonyl (C=O) groups excluding carboxylic acids is 1. The minimum Gasteiger partial charge on any atom is -0.300 e. The maximum Gasteiger partial charge on any atom is 0.154 e. The molecule has 0 aromatic carbocycles. The molecule has 4 fully saturated rings. The Balaban J connectivity index is 1.89. The topological polar surface area (TPSA) is 36.4 Å². The molecule has 0 spiro atoms. The fourth-order valence-corrected chi connectivity index (χ4v) is 4.39. The lowest BCUT2D eigenvalue weighted by Crippen LogP contribution is -2.68. The third-order valence-electron chi connectivity index (χ3n) is 5.06. The van der Waals surface area contributed by atoms with Crippen molar-refractivity contribution in [1.82, 2.24) is 14.8 Å². The van der Waals surface area contributed by atoms with E-state index in [1.165, 1.54) is 0 Å². The van der Waals surface area contributed by atoms with E-state index >= 15 is 0 Å². The Morgan fingerprint density at radius 2 is 1.84 bits per heavy atom. The Hall–Kier alpha value is -1.26. The first kappa shape index (κ1) is 11.6. The molecule has 0 radical (unpaired) electrons. The van der Waals surface area contributed by atoms with Gasteiger partial charge in [0.05, 0.1) is 10.8 Å². The van der Waals surface area contributed by atoms with Crippen LogP contribution in [0.1, 0.15) is 12.5 Å². The fourth-order valence-electron chi connectivity index (χ4n) is 4.39. The first-order chi connectivity index (χ1) is 9.12. The van der Waals surface area contributed by atoms with Gasteiger partial charge in [-0.25, -0.2) is 0 Å². The van der Waals surface area contributed by atoms with Crippen LogP contribution in [0.15, 0.2) is 24.5 Å². The maximum atomic E-state index is 13.1. The Bertz CT molecular complexity index is 511. The molecule has 0 amide bonds. The van der Waals surface area contributed by atoms with Crippen molar-refractivity contribution in [3.63, 3.8) is 0 Å². The number of hydrogen-bond acceptors (Lipinski definition) is 4. The number of Topliss-reactive ketones (excluding diaryl/α,β-unsaturated/α-hetero) is 1. The molecule has 5 heterocycles. The monoisotopic (exact) mass is 257 g/mol. The lowest BCUT2D eigenvalue weighted by atomic mass is 9.61. The molecule has 4 heteroatoms. The fraction of sp³-hybridized carbons (Fsp3) is 0.600. The van der Waals surface area contributed by atoms with Gasteiger partial charge in [-0.2, -0.15) is 0 Å². The van der Waals surface area contributed by atoms with Gasteiger partial charge in [-0.3, -0.25) is 19.6 Å². The van der Waals surface area contributed by atoms with Crippen LogP contribution in [0, 0.1) is 5.41 Å². The molecular formula is C15H19N3O. The summed E-state index contributed by atoms with van der Waals surface area (Å²) in [5.41, 5.74) is 0.543. The molecule has 100 valence electrons. The third kappa shape index (κ3) is 1.47. The van der Waals surface area contributed by atoms with Crippen molar-refractivity contribution >= 4 is 5.78 Å². The van der Waals surface area contributed by atoms with Gasteiger partial charge in [0.15, 0.2) is 5.78 Å². The summed E-state index contributed by atoms with van der Waals surface area (Å²) in [5.74, 6) is 0.433. The molecule has 19 heavy (non-hydrogen) atoms. The summed E-state index contributed by atoms with van der Waals surface area (Å²) < 4.78 is 0. The van der Waals surface area contributed by atoms with Crippen LogP contribution in [0.3, 0.4) is 0 Å². The van der Waals surface area contributed by atoms with E-state index in [-0.39, 0.29) is 10.8 Å². The molecule has 4 bridgehead atoms. The van der Waals surface area contributed by atoms with Gasteiger partial charge in [-0.1, -0.05) is 13.0 Å². The van der Waals surface area contributed by atoms with Crippen LogP contribution in [0.5, 0.6) is 0 Å². The van der Waals surface area contributed by atoms with Crippen LogP contribution in [-0.2, 0) is 10.2 Å². The number of rotatable bonds is 1. The molecule has 1 aromatic rings. The zero-order chi connectivity index (χ0) is 13.1. The highest BCUT2D eigenvalue weighted by atomic mass is 16.1. The normalized spacial score (nSPS) is 44.4. The van der Waals surface area contributed by atoms with Crippen LogP contribution >= 0.6 is 0 Å². The Labute approximate surface area is 113 Å².